The maximum absolute atomic E-state index is 5.40. The van der Waals surface area contributed by atoms with E-state index in [-0.39, 0.29) is 0 Å². The molecule has 1 aromatic rings. The molecule has 1 atom stereocenters. The second kappa shape index (κ2) is 10.6. The first-order chi connectivity index (χ1) is 11.8. The van der Waals surface area contributed by atoms with Crippen molar-refractivity contribution in [1.82, 2.24) is 0 Å². The summed E-state index contributed by atoms with van der Waals surface area (Å²) >= 11 is -2.18. The van der Waals surface area contributed by atoms with Crippen molar-refractivity contribution in [3.63, 3.8) is 0 Å². The molecule has 2 heteroatoms. The van der Waals surface area contributed by atoms with Crippen LogP contribution in [-0.2, 0) is 0 Å². The summed E-state index contributed by atoms with van der Waals surface area (Å²) in [7, 11) is 0. The summed E-state index contributed by atoms with van der Waals surface area (Å²) in [6, 6.07) is 10.9. The number of benzene rings is 1. The van der Waals surface area contributed by atoms with Crippen LogP contribution >= 0.6 is 0 Å². The first-order valence-electron chi connectivity index (χ1n) is 10.4. The first kappa shape index (κ1) is 20.0. The summed E-state index contributed by atoms with van der Waals surface area (Å²) in [6.07, 6.45) is 11.0. The van der Waals surface area contributed by atoms with Gasteiger partial charge in [-0.15, -0.1) is 0 Å². The van der Waals surface area contributed by atoms with Crippen molar-refractivity contribution < 1.29 is 0 Å². The fourth-order valence-electron chi connectivity index (χ4n) is 4.34. The van der Waals surface area contributed by atoms with E-state index in [1.807, 2.05) is 0 Å². The van der Waals surface area contributed by atoms with E-state index in [9.17, 15) is 0 Å². The molecule has 0 bridgehead atoms. The van der Waals surface area contributed by atoms with Crippen molar-refractivity contribution >= 4 is 24.1 Å². The Morgan fingerprint density at radius 3 is 1.92 bits per heavy atom. The summed E-state index contributed by atoms with van der Waals surface area (Å²) in [5.41, 5.74) is 2.79. The molecule has 0 fully saturated rings. The van der Waals surface area contributed by atoms with Crippen LogP contribution in [0.15, 0.2) is 35.3 Å². The molecule has 1 unspecified atom stereocenters. The number of hydrogen-bond donors (Lipinski definition) is 0. The van der Waals surface area contributed by atoms with Crippen LogP contribution in [0.2, 0.25) is 13.3 Å². The fraction of sp³-hybridized carbons (Fsp3) is 0.682. The van der Waals surface area contributed by atoms with E-state index in [0.717, 1.165) is 4.06 Å². The van der Waals surface area contributed by atoms with Crippen molar-refractivity contribution in [2.24, 2.45) is 4.99 Å². The maximum atomic E-state index is 5.40. The summed E-state index contributed by atoms with van der Waals surface area (Å²) in [5, 5.41) is 0. The molecule has 0 spiro atoms. The summed E-state index contributed by atoms with van der Waals surface area (Å²) in [5.74, 6) is 0. The summed E-state index contributed by atoms with van der Waals surface area (Å²) in [4.78, 5) is 5.40. The fourth-order valence-corrected chi connectivity index (χ4v) is 21.8. The van der Waals surface area contributed by atoms with Crippen LogP contribution < -0.4 is 0 Å². The number of rotatable bonds is 11. The van der Waals surface area contributed by atoms with E-state index < -0.39 is 18.4 Å². The molecule has 0 saturated heterocycles. The molecule has 0 amide bonds. The Hall–Kier alpha value is -0.311. The van der Waals surface area contributed by atoms with Gasteiger partial charge in [0.15, 0.2) is 0 Å². The van der Waals surface area contributed by atoms with Crippen molar-refractivity contribution in [2.75, 3.05) is 0 Å². The topological polar surface area (TPSA) is 12.4 Å². The van der Waals surface area contributed by atoms with Gasteiger partial charge in [0.25, 0.3) is 0 Å². The quantitative estimate of drug-likeness (QED) is 0.332. The van der Waals surface area contributed by atoms with E-state index in [4.69, 9.17) is 4.99 Å². The van der Waals surface area contributed by atoms with Gasteiger partial charge in [-0.3, -0.25) is 0 Å². The van der Waals surface area contributed by atoms with Gasteiger partial charge in [0.2, 0.25) is 0 Å². The van der Waals surface area contributed by atoms with Gasteiger partial charge < -0.3 is 0 Å². The molecule has 1 heterocycles. The molecule has 0 saturated carbocycles. The van der Waals surface area contributed by atoms with Crippen molar-refractivity contribution in [1.29, 1.82) is 0 Å². The zero-order valence-corrected chi connectivity index (χ0v) is 19.0. The second-order valence-corrected chi connectivity index (χ2v) is 21.6. The average molecular weight is 434 g/mol. The molecule has 134 valence electrons. The SMILES string of the molecule is CCC[CH2][Sn]([CH2]CCC)([CH2]CCC)[CH]1CCC(c2ccccc2)=N1. The first-order valence-corrected chi connectivity index (χ1v) is 18.1. The molecule has 0 N–H and O–H groups in total. The molecule has 0 radical (unpaired) electrons. The van der Waals surface area contributed by atoms with Gasteiger partial charge in [0.1, 0.15) is 0 Å². The molecule has 0 aromatic heterocycles. The Kier molecular flexibility index (Phi) is 8.86. The zero-order chi connectivity index (χ0) is 17.3. The number of nitrogens with zero attached hydrogens (tertiary/aromatic N) is 1. The summed E-state index contributed by atoms with van der Waals surface area (Å²) in [6.45, 7) is 7.09. The monoisotopic (exact) mass is 435 g/mol. The Morgan fingerprint density at radius 1 is 0.875 bits per heavy atom. The van der Waals surface area contributed by atoms with Gasteiger partial charge in [-0.1, -0.05) is 0 Å². The van der Waals surface area contributed by atoms with Crippen LogP contribution in [0.3, 0.4) is 0 Å². The van der Waals surface area contributed by atoms with E-state index in [1.165, 1.54) is 62.6 Å². The van der Waals surface area contributed by atoms with Gasteiger partial charge in [-0.2, -0.15) is 0 Å². The Balaban J connectivity index is 2.22. The minimum absolute atomic E-state index is 0.763. The molecule has 0 aliphatic carbocycles. The van der Waals surface area contributed by atoms with E-state index in [2.05, 4.69) is 51.1 Å². The van der Waals surface area contributed by atoms with Crippen molar-refractivity contribution in [3.05, 3.63) is 35.9 Å². The van der Waals surface area contributed by atoms with E-state index in [1.54, 1.807) is 13.3 Å². The third kappa shape index (κ3) is 5.34. The van der Waals surface area contributed by atoms with Crippen molar-refractivity contribution in [3.8, 4) is 0 Å². The molecule has 1 aliphatic rings. The number of unbranched alkanes of at least 4 members (excludes halogenated alkanes) is 3. The van der Waals surface area contributed by atoms with Gasteiger partial charge in [0.05, 0.1) is 0 Å². The molecule has 2 rings (SSSR count). The normalized spacial score (nSPS) is 18.0. The molecule has 1 aliphatic heterocycles. The molecular weight excluding hydrogens is 397 g/mol. The van der Waals surface area contributed by atoms with Gasteiger partial charge >= 0.3 is 154 Å². The van der Waals surface area contributed by atoms with Crippen LogP contribution in [0.25, 0.3) is 0 Å². The number of hydrogen-bond acceptors (Lipinski definition) is 1. The van der Waals surface area contributed by atoms with Gasteiger partial charge in [-0.25, -0.2) is 0 Å². The zero-order valence-electron chi connectivity index (χ0n) is 16.2. The molecule has 1 nitrogen and oxygen atoms in total. The second-order valence-electron chi connectivity index (χ2n) is 7.67. The Labute approximate surface area is 154 Å². The Morgan fingerprint density at radius 2 is 1.42 bits per heavy atom. The molecule has 1 aromatic carbocycles. The van der Waals surface area contributed by atoms with Crippen LogP contribution in [0.4, 0.5) is 0 Å². The average Bonchev–Trinajstić information content (AvgIpc) is 3.13. The Bertz CT molecular complexity index is 472. The van der Waals surface area contributed by atoms with Gasteiger partial charge in [-0.05, 0) is 0 Å². The van der Waals surface area contributed by atoms with Gasteiger partial charge in [0, 0.05) is 0 Å². The van der Waals surface area contributed by atoms with Crippen molar-refractivity contribution in [2.45, 2.75) is 89.5 Å². The standard InChI is InChI=1S/C10H10N.3C4H9.Sn/c1-2-5-9(6-3-1)10-7-4-8-11-10;3*1-3-4-2;/h1-3,5-6,8H,4,7H2;3*1,3-4H2,2H3;. The molecular formula is C22H37NSn. The van der Waals surface area contributed by atoms with Crippen LogP contribution in [0.5, 0.6) is 0 Å². The van der Waals surface area contributed by atoms with Crippen LogP contribution in [0.1, 0.15) is 77.7 Å². The predicted molar refractivity (Wildman–Crippen MR) is 111 cm³/mol. The van der Waals surface area contributed by atoms with Crippen LogP contribution in [-0.4, -0.2) is 28.1 Å². The summed E-state index contributed by atoms with van der Waals surface area (Å²) < 4.78 is 5.52. The third-order valence-electron chi connectivity index (χ3n) is 5.86. The van der Waals surface area contributed by atoms with E-state index >= 15 is 0 Å². The number of aliphatic imine (C=N–C) groups is 1. The molecule has 24 heavy (non-hydrogen) atoms. The minimum atomic E-state index is -2.18. The van der Waals surface area contributed by atoms with Crippen LogP contribution in [0, 0.1) is 0 Å². The van der Waals surface area contributed by atoms with E-state index in [0.29, 0.717) is 0 Å². The third-order valence-corrected chi connectivity index (χ3v) is 22.6. The predicted octanol–water partition coefficient (Wildman–Crippen LogP) is 7.03.